The molecule has 0 spiro atoms. The molecular weight excluding hydrogens is 314 g/mol. The number of benzene rings is 2. The van der Waals surface area contributed by atoms with Crippen LogP contribution in [0.4, 0.5) is 17.1 Å². The third kappa shape index (κ3) is 4.29. The predicted octanol–water partition coefficient (Wildman–Crippen LogP) is 2.28. The third-order valence-electron chi connectivity index (χ3n) is 3.13. The number of ether oxygens (including phenoxy) is 1. The summed E-state index contributed by atoms with van der Waals surface area (Å²) in [5.74, 6) is -1.37. The van der Waals surface area contributed by atoms with Crippen LogP contribution in [-0.2, 0) is 9.53 Å². The number of nitrogen functional groups attached to an aromatic ring is 1. The molecule has 0 aliphatic rings. The van der Waals surface area contributed by atoms with E-state index < -0.39 is 29.1 Å². The molecule has 8 nitrogen and oxygen atoms in total. The van der Waals surface area contributed by atoms with Crippen molar-refractivity contribution in [3.63, 3.8) is 0 Å². The highest BCUT2D eigenvalue weighted by Crippen LogP contribution is 2.22. The number of carbonyl (C=O) groups is 2. The second-order valence-corrected chi connectivity index (χ2v) is 5.02. The number of nitrogens with zero attached hydrogens (tertiary/aromatic N) is 1. The smallest absolute Gasteiger partial charge is 0.338 e. The van der Waals surface area contributed by atoms with Crippen LogP contribution in [-0.4, -0.2) is 23.4 Å². The quantitative estimate of drug-likeness (QED) is 0.375. The molecular formula is C16H15N3O5. The van der Waals surface area contributed by atoms with Crippen LogP contribution in [0.25, 0.3) is 0 Å². The second kappa shape index (κ2) is 7.23. The lowest BCUT2D eigenvalue weighted by molar-refractivity contribution is -0.383. The standard InChI is InChI=1S/C16H15N3O5/c1-10-2-5-12(6-3-10)18-15(20)9-24-16(21)11-4-7-13(17)14(8-11)19(22)23/h2-8H,9,17H2,1H3,(H,18,20). The van der Waals surface area contributed by atoms with Crippen LogP contribution in [0.15, 0.2) is 42.5 Å². The van der Waals surface area contributed by atoms with E-state index in [-0.39, 0.29) is 11.3 Å². The minimum Gasteiger partial charge on any atom is -0.452 e. The van der Waals surface area contributed by atoms with Crippen LogP contribution in [0.2, 0.25) is 0 Å². The van der Waals surface area contributed by atoms with Crippen molar-refractivity contribution in [2.24, 2.45) is 0 Å². The fourth-order valence-electron chi connectivity index (χ4n) is 1.88. The molecule has 0 saturated carbocycles. The molecule has 1 amide bonds. The number of hydrogen-bond donors (Lipinski definition) is 2. The van der Waals surface area contributed by atoms with Gasteiger partial charge in [0, 0.05) is 11.8 Å². The number of carbonyl (C=O) groups excluding carboxylic acids is 2. The maximum absolute atomic E-state index is 11.9. The molecule has 0 unspecified atom stereocenters. The first-order valence-electron chi connectivity index (χ1n) is 6.94. The zero-order valence-electron chi connectivity index (χ0n) is 12.8. The number of nitrogens with two attached hydrogens (primary N) is 1. The lowest BCUT2D eigenvalue weighted by Gasteiger charge is -2.07. The summed E-state index contributed by atoms with van der Waals surface area (Å²) >= 11 is 0. The Morgan fingerprint density at radius 3 is 2.50 bits per heavy atom. The van der Waals surface area contributed by atoms with Gasteiger partial charge in [0.15, 0.2) is 6.61 Å². The van der Waals surface area contributed by atoms with E-state index in [1.54, 1.807) is 12.1 Å². The van der Waals surface area contributed by atoms with Crippen molar-refractivity contribution in [3.8, 4) is 0 Å². The number of anilines is 2. The van der Waals surface area contributed by atoms with Crippen LogP contribution in [0.5, 0.6) is 0 Å². The zero-order chi connectivity index (χ0) is 17.7. The van der Waals surface area contributed by atoms with Crippen LogP contribution in [0.1, 0.15) is 15.9 Å². The van der Waals surface area contributed by atoms with Crippen LogP contribution < -0.4 is 11.1 Å². The highest BCUT2D eigenvalue weighted by molar-refractivity contribution is 5.96. The Morgan fingerprint density at radius 2 is 1.88 bits per heavy atom. The van der Waals surface area contributed by atoms with E-state index in [0.29, 0.717) is 5.69 Å². The van der Waals surface area contributed by atoms with Crippen molar-refractivity contribution in [2.45, 2.75) is 6.92 Å². The van der Waals surface area contributed by atoms with Crippen molar-refractivity contribution >= 4 is 28.9 Å². The lowest BCUT2D eigenvalue weighted by Crippen LogP contribution is -2.21. The van der Waals surface area contributed by atoms with Gasteiger partial charge in [0.05, 0.1) is 10.5 Å². The summed E-state index contributed by atoms with van der Waals surface area (Å²) in [4.78, 5) is 33.7. The molecule has 2 aromatic rings. The Hall–Kier alpha value is -3.42. The van der Waals surface area contributed by atoms with Gasteiger partial charge in [-0.1, -0.05) is 17.7 Å². The minimum absolute atomic E-state index is 0.0564. The monoisotopic (exact) mass is 329 g/mol. The van der Waals surface area contributed by atoms with E-state index in [2.05, 4.69) is 5.32 Å². The molecule has 0 saturated heterocycles. The van der Waals surface area contributed by atoms with E-state index in [9.17, 15) is 19.7 Å². The molecule has 8 heteroatoms. The molecule has 0 bridgehead atoms. The normalized spacial score (nSPS) is 10.0. The number of esters is 1. The van der Waals surface area contributed by atoms with Gasteiger partial charge in [-0.3, -0.25) is 14.9 Å². The first-order valence-corrected chi connectivity index (χ1v) is 6.94. The van der Waals surface area contributed by atoms with E-state index in [0.717, 1.165) is 11.6 Å². The number of nitro groups is 1. The average Bonchev–Trinajstić information content (AvgIpc) is 2.55. The first kappa shape index (κ1) is 16.9. The van der Waals surface area contributed by atoms with Gasteiger partial charge < -0.3 is 15.8 Å². The summed E-state index contributed by atoms with van der Waals surface area (Å²) in [7, 11) is 0. The maximum Gasteiger partial charge on any atom is 0.338 e. The second-order valence-electron chi connectivity index (χ2n) is 5.02. The first-order chi connectivity index (χ1) is 11.4. The Morgan fingerprint density at radius 1 is 1.21 bits per heavy atom. The van der Waals surface area contributed by atoms with Gasteiger partial charge in [-0.25, -0.2) is 4.79 Å². The van der Waals surface area contributed by atoms with Crippen molar-refractivity contribution in [2.75, 3.05) is 17.7 Å². The van der Waals surface area contributed by atoms with Crippen LogP contribution in [0.3, 0.4) is 0 Å². The van der Waals surface area contributed by atoms with Crippen molar-refractivity contribution < 1.29 is 19.2 Å². The number of hydrogen-bond acceptors (Lipinski definition) is 6. The topological polar surface area (TPSA) is 125 Å². The van der Waals surface area contributed by atoms with Crippen molar-refractivity contribution in [3.05, 3.63) is 63.7 Å². The molecule has 0 fully saturated rings. The molecule has 0 radical (unpaired) electrons. The fraction of sp³-hybridized carbons (Fsp3) is 0.125. The van der Waals surface area contributed by atoms with E-state index >= 15 is 0 Å². The number of nitrogens with one attached hydrogen (secondary N) is 1. The molecule has 0 aliphatic heterocycles. The molecule has 3 N–H and O–H groups in total. The summed E-state index contributed by atoms with van der Waals surface area (Å²) in [6.45, 7) is 1.41. The SMILES string of the molecule is Cc1ccc(NC(=O)COC(=O)c2ccc(N)c([N+](=O)[O-])c2)cc1. The number of rotatable bonds is 5. The fourth-order valence-corrected chi connectivity index (χ4v) is 1.88. The molecule has 124 valence electrons. The summed E-state index contributed by atoms with van der Waals surface area (Å²) in [5.41, 5.74) is 6.56. The van der Waals surface area contributed by atoms with Crippen LogP contribution in [0, 0.1) is 17.0 Å². The number of nitro benzene ring substituents is 1. The third-order valence-corrected chi connectivity index (χ3v) is 3.13. The van der Waals surface area contributed by atoms with Crippen molar-refractivity contribution in [1.82, 2.24) is 0 Å². The van der Waals surface area contributed by atoms with Gasteiger partial charge in [0.25, 0.3) is 11.6 Å². The molecule has 0 aliphatic carbocycles. The van der Waals surface area contributed by atoms with Gasteiger partial charge in [0.1, 0.15) is 5.69 Å². The summed E-state index contributed by atoms with van der Waals surface area (Å²) in [6.07, 6.45) is 0. The number of aryl methyl sites for hydroxylation is 1. The highest BCUT2D eigenvalue weighted by atomic mass is 16.6. The lowest BCUT2D eigenvalue weighted by atomic mass is 10.2. The van der Waals surface area contributed by atoms with Gasteiger partial charge in [-0.2, -0.15) is 0 Å². The summed E-state index contributed by atoms with van der Waals surface area (Å²) < 4.78 is 4.85. The molecule has 24 heavy (non-hydrogen) atoms. The molecule has 0 aromatic heterocycles. The van der Waals surface area contributed by atoms with Crippen LogP contribution >= 0.6 is 0 Å². The highest BCUT2D eigenvalue weighted by Gasteiger charge is 2.17. The Labute approximate surface area is 137 Å². The van der Waals surface area contributed by atoms with Gasteiger partial charge in [0.2, 0.25) is 0 Å². The van der Waals surface area contributed by atoms with Gasteiger partial charge in [-0.05, 0) is 31.2 Å². The number of amides is 1. The Balaban J connectivity index is 1.95. The summed E-state index contributed by atoms with van der Waals surface area (Å²) in [5, 5.41) is 13.4. The predicted molar refractivity (Wildman–Crippen MR) is 87.6 cm³/mol. The zero-order valence-corrected chi connectivity index (χ0v) is 12.8. The Bertz CT molecular complexity index is 787. The molecule has 2 aromatic carbocycles. The molecule has 0 heterocycles. The maximum atomic E-state index is 11.9. The van der Waals surface area contributed by atoms with E-state index in [1.165, 1.54) is 12.1 Å². The molecule has 2 rings (SSSR count). The Kier molecular flexibility index (Phi) is 5.10. The van der Waals surface area contributed by atoms with Gasteiger partial charge in [-0.15, -0.1) is 0 Å². The minimum atomic E-state index is -0.850. The van der Waals surface area contributed by atoms with E-state index in [4.69, 9.17) is 10.5 Å². The largest absolute Gasteiger partial charge is 0.452 e. The molecule has 0 atom stereocenters. The summed E-state index contributed by atoms with van der Waals surface area (Å²) in [6, 6.07) is 10.6. The van der Waals surface area contributed by atoms with Crippen molar-refractivity contribution in [1.29, 1.82) is 0 Å². The average molecular weight is 329 g/mol. The van der Waals surface area contributed by atoms with Gasteiger partial charge >= 0.3 is 5.97 Å². The van der Waals surface area contributed by atoms with E-state index in [1.807, 2.05) is 19.1 Å².